The van der Waals surface area contributed by atoms with Crippen molar-refractivity contribution in [2.45, 2.75) is 22.6 Å². The zero-order valence-corrected chi connectivity index (χ0v) is 18.0. The molecule has 1 aromatic carbocycles. The number of tetrazole rings is 1. The summed E-state index contributed by atoms with van der Waals surface area (Å²) in [6.45, 7) is 0. The third-order valence-electron chi connectivity index (χ3n) is 4.95. The number of fused-ring (bicyclic) bond motifs is 1. The Labute approximate surface area is 185 Å². The van der Waals surface area contributed by atoms with Crippen LogP contribution in [0.1, 0.15) is 11.6 Å². The molecule has 1 saturated heterocycles. The number of aryl methyl sites for hydroxylation is 1. The van der Waals surface area contributed by atoms with Crippen LogP contribution in [0.5, 0.6) is 0 Å². The normalized spacial score (nSPS) is 21.4. The van der Waals surface area contributed by atoms with E-state index in [0.717, 1.165) is 0 Å². The molecule has 2 aliphatic rings. The molecule has 0 bridgehead atoms. The van der Waals surface area contributed by atoms with Crippen molar-refractivity contribution in [2.24, 2.45) is 12.8 Å². The van der Waals surface area contributed by atoms with Crippen molar-refractivity contribution in [2.75, 3.05) is 11.5 Å². The minimum absolute atomic E-state index is 0.0470. The summed E-state index contributed by atoms with van der Waals surface area (Å²) in [6, 6.07) is 7.09. The van der Waals surface area contributed by atoms with Gasteiger partial charge in [0.1, 0.15) is 23.2 Å². The van der Waals surface area contributed by atoms with Gasteiger partial charge in [-0.25, -0.2) is 9.48 Å². The maximum Gasteiger partial charge on any atom is 0.352 e. The van der Waals surface area contributed by atoms with Gasteiger partial charge in [0, 0.05) is 18.6 Å². The lowest BCUT2D eigenvalue weighted by Crippen LogP contribution is -2.71. The van der Waals surface area contributed by atoms with Crippen LogP contribution in [-0.4, -0.2) is 70.9 Å². The number of carbonyl (C=O) groups is 3. The topological polar surface area (TPSA) is 156 Å². The third kappa shape index (κ3) is 4.03. The summed E-state index contributed by atoms with van der Waals surface area (Å²) in [4.78, 5) is 38.5. The smallest absolute Gasteiger partial charge is 0.352 e. The minimum atomic E-state index is -1.18. The van der Waals surface area contributed by atoms with Crippen LogP contribution in [0.2, 0.25) is 0 Å². The molecule has 0 radical (unpaired) electrons. The number of amides is 2. The van der Waals surface area contributed by atoms with E-state index in [-0.39, 0.29) is 5.70 Å². The lowest BCUT2D eigenvalue weighted by molar-refractivity contribution is -0.150. The Morgan fingerprint density at radius 2 is 2.13 bits per heavy atom. The first-order valence-electron chi connectivity index (χ1n) is 9.24. The highest BCUT2D eigenvalue weighted by molar-refractivity contribution is 8.01. The van der Waals surface area contributed by atoms with E-state index in [4.69, 9.17) is 5.73 Å². The fraction of sp³-hybridized carbons (Fsp3) is 0.333. The van der Waals surface area contributed by atoms with Crippen LogP contribution >= 0.6 is 23.5 Å². The minimum Gasteiger partial charge on any atom is -0.477 e. The van der Waals surface area contributed by atoms with Crippen molar-refractivity contribution in [3.63, 3.8) is 0 Å². The number of benzene rings is 1. The number of carbonyl (C=O) groups excluding carboxylic acids is 2. The fourth-order valence-electron chi connectivity index (χ4n) is 3.34. The maximum atomic E-state index is 12.8. The number of nitrogens with one attached hydrogen (secondary N) is 1. The highest BCUT2D eigenvalue weighted by Gasteiger charge is 2.54. The van der Waals surface area contributed by atoms with Crippen LogP contribution < -0.4 is 11.1 Å². The van der Waals surface area contributed by atoms with Crippen molar-refractivity contribution >= 4 is 41.3 Å². The van der Waals surface area contributed by atoms with E-state index in [2.05, 4.69) is 20.8 Å². The Kier molecular flexibility index (Phi) is 5.98. The van der Waals surface area contributed by atoms with E-state index in [1.165, 1.54) is 33.1 Å². The summed E-state index contributed by atoms with van der Waals surface area (Å²) in [5.41, 5.74) is 7.19. The van der Waals surface area contributed by atoms with Crippen molar-refractivity contribution < 1.29 is 19.5 Å². The molecule has 2 unspecified atom stereocenters. The number of aromatic nitrogens is 4. The van der Waals surface area contributed by atoms with Crippen LogP contribution in [0.15, 0.2) is 46.8 Å². The number of hydrogen-bond donors (Lipinski definition) is 3. The molecule has 0 spiro atoms. The van der Waals surface area contributed by atoms with Crippen LogP contribution in [-0.2, 0) is 21.4 Å². The van der Waals surface area contributed by atoms with Crippen molar-refractivity contribution in [1.82, 2.24) is 30.4 Å². The van der Waals surface area contributed by atoms with Gasteiger partial charge in [-0.2, -0.15) is 0 Å². The van der Waals surface area contributed by atoms with Gasteiger partial charge >= 0.3 is 5.97 Å². The monoisotopic (exact) mass is 461 g/mol. The number of nitrogens with two attached hydrogens (primary N) is 1. The van der Waals surface area contributed by atoms with Gasteiger partial charge in [-0.3, -0.25) is 14.5 Å². The van der Waals surface area contributed by atoms with Crippen molar-refractivity contribution in [3.8, 4) is 0 Å². The summed E-state index contributed by atoms with van der Waals surface area (Å²) < 4.78 is 1.49. The first kappa shape index (κ1) is 21.3. The van der Waals surface area contributed by atoms with E-state index in [1.54, 1.807) is 31.3 Å². The Morgan fingerprint density at radius 1 is 1.39 bits per heavy atom. The second-order valence-corrected chi connectivity index (χ2v) is 8.96. The Balaban J connectivity index is 1.46. The van der Waals surface area contributed by atoms with E-state index in [1.807, 2.05) is 6.07 Å². The third-order valence-corrected chi connectivity index (χ3v) is 7.38. The van der Waals surface area contributed by atoms with Crippen LogP contribution in [0.4, 0.5) is 0 Å². The number of rotatable bonds is 7. The lowest BCUT2D eigenvalue weighted by atomic mass is 10.0. The molecule has 1 aromatic heterocycles. The molecule has 2 aliphatic heterocycles. The van der Waals surface area contributed by atoms with Gasteiger partial charge in [0.25, 0.3) is 5.91 Å². The summed E-state index contributed by atoms with van der Waals surface area (Å²) in [5.74, 6) is -1.40. The van der Waals surface area contributed by atoms with Crippen LogP contribution in [0, 0.1) is 0 Å². The average Bonchev–Trinajstić information content (AvgIpc) is 3.19. The van der Waals surface area contributed by atoms with Crippen LogP contribution in [0.25, 0.3) is 0 Å². The number of nitrogens with zero attached hydrogens (tertiary/aromatic N) is 5. The van der Waals surface area contributed by atoms with Gasteiger partial charge in [0.2, 0.25) is 11.1 Å². The number of hydrogen-bond acceptors (Lipinski definition) is 9. The summed E-state index contributed by atoms with van der Waals surface area (Å²) in [5, 5.41) is 23.6. The van der Waals surface area contributed by atoms with E-state index >= 15 is 0 Å². The standard InChI is InChI=1S/C18H19N7O4S2/c1-24-18(21-22-23-24)31-8-10-7-30-16-12(15(27)25(16)13(10)17(28)29)20-14(26)11(19)9-5-3-2-4-6-9/h2-6,11-12,16H,7-8,19H2,1H3,(H,20,26)(H,28,29)/t11?,12-,16?/m0/s1. The molecular formula is C18H19N7O4S2. The molecule has 13 heteroatoms. The zero-order valence-electron chi connectivity index (χ0n) is 16.3. The summed E-state index contributed by atoms with van der Waals surface area (Å²) in [6.07, 6.45) is 0. The molecule has 0 saturated carbocycles. The van der Waals surface area contributed by atoms with E-state index < -0.39 is 35.2 Å². The first-order chi connectivity index (χ1) is 14.9. The molecule has 2 amide bonds. The van der Waals surface area contributed by atoms with E-state index in [9.17, 15) is 19.5 Å². The lowest BCUT2D eigenvalue weighted by Gasteiger charge is -2.49. The first-order valence-corrected chi connectivity index (χ1v) is 11.3. The Bertz CT molecular complexity index is 1060. The van der Waals surface area contributed by atoms with E-state index in [0.29, 0.717) is 27.8 Å². The maximum absolute atomic E-state index is 12.8. The van der Waals surface area contributed by atoms with Gasteiger partial charge in [-0.05, 0) is 21.6 Å². The van der Waals surface area contributed by atoms with Crippen LogP contribution in [0.3, 0.4) is 0 Å². The second kappa shape index (κ2) is 8.69. The number of thioether (sulfide) groups is 2. The number of β-lactam (4-membered cyclic amide) rings is 1. The number of aliphatic carboxylic acids is 1. The molecular weight excluding hydrogens is 442 g/mol. The predicted molar refractivity (Wildman–Crippen MR) is 113 cm³/mol. The molecule has 2 aromatic rings. The number of carboxylic acid groups (broad SMARTS) is 1. The van der Waals surface area contributed by atoms with Gasteiger partial charge in [-0.1, -0.05) is 42.1 Å². The molecule has 3 heterocycles. The zero-order chi connectivity index (χ0) is 22.1. The van der Waals surface area contributed by atoms with Gasteiger partial charge in [0.05, 0.1) is 0 Å². The Hall–Kier alpha value is -2.90. The summed E-state index contributed by atoms with van der Waals surface area (Å²) >= 11 is 2.69. The molecule has 0 aliphatic carbocycles. The predicted octanol–water partition coefficient (Wildman–Crippen LogP) is -0.259. The summed E-state index contributed by atoms with van der Waals surface area (Å²) in [7, 11) is 1.69. The van der Waals surface area contributed by atoms with Gasteiger partial charge in [-0.15, -0.1) is 16.9 Å². The Morgan fingerprint density at radius 3 is 2.77 bits per heavy atom. The fourth-order valence-corrected chi connectivity index (χ4v) is 5.68. The van der Waals surface area contributed by atoms with Gasteiger partial charge < -0.3 is 16.2 Å². The molecule has 11 nitrogen and oxygen atoms in total. The SMILES string of the molecule is Cn1nnnc1SCC1=C(C(=O)O)N2C(=O)[C@H](NC(=O)C(N)c3ccccc3)C2SC1. The molecule has 3 atom stereocenters. The van der Waals surface area contributed by atoms with Crippen molar-refractivity contribution in [3.05, 3.63) is 47.2 Å². The molecule has 4 rings (SSSR count). The average molecular weight is 462 g/mol. The highest BCUT2D eigenvalue weighted by atomic mass is 32.2. The number of carboxylic acids is 1. The molecule has 4 N–H and O–H groups in total. The molecule has 162 valence electrons. The second-order valence-electron chi connectivity index (χ2n) is 6.92. The largest absolute Gasteiger partial charge is 0.477 e. The molecule has 1 fully saturated rings. The molecule has 31 heavy (non-hydrogen) atoms. The quantitative estimate of drug-likeness (QED) is 0.371. The van der Waals surface area contributed by atoms with Gasteiger partial charge in [0.15, 0.2) is 0 Å². The highest BCUT2D eigenvalue weighted by Crippen LogP contribution is 2.41. The van der Waals surface area contributed by atoms with Crippen molar-refractivity contribution in [1.29, 1.82) is 0 Å².